The summed E-state index contributed by atoms with van der Waals surface area (Å²) < 4.78 is 0. The topological polar surface area (TPSA) is 70.4 Å². The summed E-state index contributed by atoms with van der Waals surface area (Å²) in [7, 11) is 0. The molecule has 0 aromatic heterocycles. The van der Waals surface area contributed by atoms with E-state index < -0.39 is 0 Å². The second-order valence-corrected chi connectivity index (χ2v) is 10.4. The van der Waals surface area contributed by atoms with E-state index in [2.05, 4.69) is 27.7 Å². The second kappa shape index (κ2) is 11.4. The quantitative estimate of drug-likeness (QED) is 0.410. The Bertz CT molecular complexity index is 1210. The predicted molar refractivity (Wildman–Crippen MR) is 150 cm³/mol. The van der Waals surface area contributed by atoms with Crippen LogP contribution in [0.5, 0.6) is 17.2 Å². The Morgan fingerprint density at radius 3 is 2.32 bits per heavy atom. The van der Waals surface area contributed by atoms with Gasteiger partial charge in [-0.2, -0.15) is 0 Å². The SMILES string of the molecule is CCCN(CCN1CCN(c2ccc(-c3ccccc3O)c(O)c2)CC1)C1CCc2c(O)cccc2C1. The Morgan fingerprint density at radius 1 is 0.811 bits per heavy atom. The first-order valence-corrected chi connectivity index (χ1v) is 13.7. The maximum Gasteiger partial charge on any atom is 0.125 e. The number of rotatable bonds is 8. The normalized spacial score (nSPS) is 18.2. The molecule has 6 nitrogen and oxygen atoms in total. The molecule has 2 aliphatic rings. The van der Waals surface area contributed by atoms with Crippen molar-refractivity contribution in [3.8, 4) is 28.4 Å². The van der Waals surface area contributed by atoms with Crippen molar-refractivity contribution in [1.29, 1.82) is 0 Å². The summed E-state index contributed by atoms with van der Waals surface area (Å²) in [5, 5.41) is 31.0. The summed E-state index contributed by atoms with van der Waals surface area (Å²) in [6.45, 7) is 9.37. The highest BCUT2D eigenvalue weighted by molar-refractivity contribution is 5.77. The molecule has 0 spiro atoms. The van der Waals surface area contributed by atoms with Crippen LogP contribution in [0.3, 0.4) is 0 Å². The largest absolute Gasteiger partial charge is 0.508 e. The highest BCUT2D eigenvalue weighted by atomic mass is 16.3. The van der Waals surface area contributed by atoms with Gasteiger partial charge in [0.25, 0.3) is 0 Å². The van der Waals surface area contributed by atoms with E-state index in [1.165, 1.54) is 5.56 Å². The highest BCUT2D eigenvalue weighted by Crippen LogP contribution is 2.37. The molecule has 1 atom stereocenters. The van der Waals surface area contributed by atoms with Crippen molar-refractivity contribution in [2.24, 2.45) is 0 Å². The third-order valence-electron chi connectivity index (χ3n) is 8.08. The average molecular weight is 502 g/mol. The Balaban J connectivity index is 1.15. The third-order valence-corrected chi connectivity index (χ3v) is 8.08. The number of nitrogens with zero attached hydrogens (tertiary/aromatic N) is 3. The molecular formula is C31H39N3O3. The fourth-order valence-electron chi connectivity index (χ4n) is 5.99. The Hall–Kier alpha value is -3.22. The molecule has 6 heteroatoms. The molecule has 37 heavy (non-hydrogen) atoms. The highest BCUT2D eigenvalue weighted by Gasteiger charge is 2.26. The number of para-hydroxylation sites is 1. The van der Waals surface area contributed by atoms with Crippen molar-refractivity contribution >= 4 is 5.69 Å². The molecular weight excluding hydrogens is 462 g/mol. The van der Waals surface area contributed by atoms with Gasteiger partial charge in [-0.15, -0.1) is 0 Å². The third kappa shape index (κ3) is 5.71. The Labute approximate surface area is 220 Å². The van der Waals surface area contributed by atoms with Gasteiger partial charge in [-0.05, 0) is 67.6 Å². The van der Waals surface area contributed by atoms with E-state index in [1.807, 2.05) is 42.5 Å². The lowest BCUT2D eigenvalue weighted by Gasteiger charge is -2.39. The number of phenols is 3. The fourth-order valence-corrected chi connectivity index (χ4v) is 5.99. The molecule has 1 aliphatic heterocycles. The molecule has 1 saturated heterocycles. The van der Waals surface area contributed by atoms with Gasteiger partial charge in [-0.3, -0.25) is 9.80 Å². The summed E-state index contributed by atoms with van der Waals surface area (Å²) in [4.78, 5) is 7.55. The van der Waals surface area contributed by atoms with Gasteiger partial charge in [-0.25, -0.2) is 0 Å². The first-order valence-electron chi connectivity index (χ1n) is 13.7. The monoisotopic (exact) mass is 501 g/mol. The van der Waals surface area contributed by atoms with Crippen LogP contribution >= 0.6 is 0 Å². The van der Waals surface area contributed by atoms with Crippen molar-refractivity contribution in [2.45, 2.75) is 38.6 Å². The first-order chi connectivity index (χ1) is 18.0. The van der Waals surface area contributed by atoms with Crippen molar-refractivity contribution < 1.29 is 15.3 Å². The molecule has 1 heterocycles. The standard InChI is InChI=1S/C31H39N3O3/c1-2-14-33(24-10-12-26-23(21-24)6-5-9-29(26)35)18-15-32-16-19-34(20-17-32)25-11-13-28(31(37)22-25)27-7-3-4-8-30(27)36/h3-9,11,13,22,24,35-37H,2,10,12,14-21H2,1H3. The van der Waals surface area contributed by atoms with E-state index in [9.17, 15) is 15.3 Å². The number of piperazine rings is 1. The minimum atomic E-state index is 0.173. The summed E-state index contributed by atoms with van der Waals surface area (Å²) in [5.41, 5.74) is 4.77. The fraction of sp³-hybridized carbons (Fsp3) is 0.419. The molecule has 0 radical (unpaired) electrons. The van der Waals surface area contributed by atoms with E-state index in [1.54, 1.807) is 12.1 Å². The maximum atomic E-state index is 10.7. The first kappa shape index (κ1) is 25.4. The molecule has 3 N–H and O–H groups in total. The lowest BCUT2D eigenvalue weighted by Crippen LogP contribution is -2.50. The zero-order valence-electron chi connectivity index (χ0n) is 21.8. The molecule has 1 aliphatic carbocycles. The molecule has 1 fully saturated rings. The maximum absolute atomic E-state index is 10.7. The van der Waals surface area contributed by atoms with Crippen LogP contribution in [0.15, 0.2) is 60.7 Å². The molecule has 3 aromatic rings. The van der Waals surface area contributed by atoms with E-state index >= 15 is 0 Å². The number of aromatic hydroxyl groups is 3. The van der Waals surface area contributed by atoms with Crippen LogP contribution in [0.1, 0.15) is 30.9 Å². The van der Waals surface area contributed by atoms with Crippen LogP contribution in [0.25, 0.3) is 11.1 Å². The average Bonchev–Trinajstić information content (AvgIpc) is 2.92. The van der Waals surface area contributed by atoms with E-state index in [0.29, 0.717) is 22.9 Å². The predicted octanol–water partition coefficient (Wildman–Crippen LogP) is 4.86. The van der Waals surface area contributed by atoms with Crippen molar-refractivity contribution in [3.05, 3.63) is 71.8 Å². The molecule has 0 amide bonds. The molecule has 3 aromatic carbocycles. The van der Waals surface area contributed by atoms with Crippen molar-refractivity contribution in [3.63, 3.8) is 0 Å². The van der Waals surface area contributed by atoms with E-state index in [4.69, 9.17) is 0 Å². The number of fused-ring (bicyclic) bond motifs is 1. The lowest BCUT2D eigenvalue weighted by atomic mass is 9.87. The van der Waals surface area contributed by atoms with Crippen LogP contribution < -0.4 is 4.90 Å². The summed E-state index contributed by atoms with van der Waals surface area (Å²) in [6, 6.07) is 19.4. The zero-order chi connectivity index (χ0) is 25.8. The summed E-state index contributed by atoms with van der Waals surface area (Å²) in [5.74, 6) is 0.822. The zero-order valence-corrected chi connectivity index (χ0v) is 21.8. The molecule has 0 bridgehead atoms. The second-order valence-electron chi connectivity index (χ2n) is 10.4. The Kier molecular flexibility index (Phi) is 7.87. The molecule has 196 valence electrons. The van der Waals surface area contributed by atoms with Crippen LogP contribution in [0.2, 0.25) is 0 Å². The van der Waals surface area contributed by atoms with Crippen LogP contribution in [0.4, 0.5) is 5.69 Å². The number of hydrogen-bond acceptors (Lipinski definition) is 6. The van der Waals surface area contributed by atoms with Gasteiger partial charge in [-0.1, -0.05) is 37.3 Å². The van der Waals surface area contributed by atoms with Crippen molar-refractivity contribution in [1.82, 2.24) is 9.80 Å². The lowest BCUT2D eigenvalue weighted by molar-refractivity contribution is 0.145. The van der Waals surface area contributed by atoms with Gasteiger partial charge < -0.3 is 20.2 Å². The molecule has 0 saturated carbocycles. The number of phenolic OH excluding ortho intramolecular Hbond substituents is 3. The van der Waals surface area contributed by atoms with Gasteiger partial charge in [0.05, 0.1) is 0 Å². The van der Waals surface area contributed by atoms with Gasteiger partial charge in [0.1, 0.15) is 17.2 Å². The van der Waals surface area contributed by atoms with E-state index in [-0.39, 0.29) is 11.5 Å². The van der Waals surface area contributed by atoms with Crippen LogP contribution in [-0.2, 0) is 12.8 Å². The number of hydrogen-bond donors (Lipinski definition) is 3. The van der Waals surface area contributed by atoms with Gasteiger partial charge in [0.15, 0.2) is 0 Å². The molecule has 1 unspecified atom stereocenters. The van der Waals surface area contributed by atoms with Crippen molar-refractivity contribution in [2.75, 3.05) is 50.7 Å². The molecule has 5 rings (SSSR count). The number of anilines is 1. The van der Waals surface area contributed by atoms with E-state index in [0.717, 1.165) is 82.7 Å². The van der Waals surface area contributed by atoms with Gasteiger partial charge in [0.2, 0.25) is 0 Å². The Morgan fingerprint density at radius 2 is 1.57 bits per heavy atom. The minimum Gasteiger partial charge on any atom is -0.508 e. The number of benzene rings is 3. The van der Waals surface area contributed by atoms with Gasteiger partial charge >= 0.3 is 0 Å². The van der Waals surface area contributed by atoms with Crippen LogP contribution in [-0.4, -0.2) is 77.0 Å². The smallest absolute Gasteiger partial charge is 0.125 e. The van der Waals surface area contributed by atoms with Gasteiger partial charge in [0, 0.05) is 68.2 Å². The minimum absolute atomic E-state index is 0.173. The van der Waals surface area contributed by atoms with Crippen LogP contribution in [0, 0.1) is 0 Å². The summed E-state index contributed by atoms with van der Waals surface area (Å²) in [6.07, 6.45) is 4.24. The summed E-state index contributed by atoms with van der Waals surface area (Å²) >= 11 is 0.